The van der Waals surface area contributed by atoms with Crippen molar-refractivity contribution >= 4 is 36.5 Å². The number of pyridine rings is 2. The minimum Gasteiger partial charge on any atom is -0.311 e. The van der Waals surface area contributed by atoms with Gasteiger partial charge < -0.3 is 9.80 Å². The van der Waals surface area contributed by atoms with Crippen LogP contribution in [0.25, 0.3) is 22.5 Å². The van der Waals surface area contributed by atoms with Gasteiger partial charge in [-0.25, -0.2) is 0 Å². The summed E-state index contributed by atoms with van der Waals surface area (Å²) in [6, 6.07) is 32.2. The van der Waals surface area contributed by atoms with E-state index in [1.54, 1.807) is 54.5 Å². The highest BCUT2D eigenvalue weighted by Gasteiger charge is 2.19. The number of nitrogens with zero attached hydrogens (tertiary/aromatic N) is 4. The SMILES string of the molecule is Bc1cc(C(=O)N(C)c2ccc(-c3ccccn3)cc2)cc(C(=O)N(C)c2ccc(-c3ccccn3)cc2)c1. The predicted molar refractivity (Wildman–Crippen MR) is 159 cm³/mol. The molecule has 0 aliphatic heterocycles. The average Bonchev–Trinajstić information content (AvgIpc) is 3.00. The number of hydrogen-bond acceptors (Lipinski definition) is 4. The van der Waals surface area contributed by atoms with Crippen molar-refractivity contribution in [2.75, 3.05) is 23.9 Å². The Morgan fingerprint density at radius 2 is 1.00 bits per heavy atom. The highest BCUT2D eigenvalue weighted by Crippen LogP contribution is 2.24. The molecule has 39 heavy (non-hydrogen) atoms. The Balaban J connectivity index is 1.34. The summed E-state index contributed by atoms with van der Waals surface area (Å²) >= 11 is 0. The lowest BCUT2D eigenvalue weighted by atomic mass is 9.91. The highest BCUT2D eigenvalue weighted by molar-refractivity contribution is 6.33. The van der Waals surface area contributed by atoms with Gasteiger partial charge in [0.15, 0.2) is 0 Å². The normalized spacial score (nSPS) is 10.6. The first-order chi connectivity index (χ1) is 18.9. The summed E-state index contributed by atoms with van der Waals surface area (Å²) in [5.74, 6) is -0.388. The van der Waals surface area contributed by atoms with Crippen molar-refractivity contribution in [2.24, 2.45) is 0 Å². The third kappa shape index (κ3) is 5.62. The number of hydrogen-bond donors (Lipinski definition) is 0. The summed E-state index contributed by atoms with van der Waals surface area (Å²) in [6.45, 7) is 0. The maximum Gasteiger partial charge on any atom is 0.258 e. The predicted octanol–water partition coefficient (Wildman–Crippen LogP) is 4.62. The fourth-order valence-electron chi connectivity index (χ4n) is 4.43. The summed E-state index contributed by atoms with van der Waals surface area (Å²) in [4.78, 5) is 38.8. The number of amides is 2. The molecule has 6 nitrogen and oxygen atoms in total. The number of carbonyl (C=O) groups is 2. The smallest absolute Gasteiger partial charge is 0.258 e. The topological polar surface area (TPSA) is 66.4 Å². The number of aromatic nitrogens is 2. The quantitative estimate of drug-likeness (QED) is 0.313. The molecule has 0 saturated heterocycles. The van der Waals surface area contributed by atoms with E-state index in [1.165, 1.54) is 0 Å². The van der Waals surface area contributed by atoms with E-state index in [2.05, 4.69) is 9.97 Å². The van der Waals surface area contributed by atoms with Crippen LogP contribution in [0.2, 0.25) is 0 Å². The Hall–Kier alpha value is -5.04. The van der Waals surface area contributed by atoms with E-state index in [0.29, 0.717) is 11.1 Å². The Labute approximate surface area is 229 Å². The zero-order valence-corrected chi connectivity index (χ0v) is 22.1. The summed E-state index contributed by atoms with van der Waals surface area (Å²) < 4.78 is 0. The Morgan fingerprint density at radius 3 is 1.36 bits per heavy atom. The van der Waals surface area contributed by atoms with Gasteiger partial charge in [0, 0.05) is 60.1 Å². The zero-order valence-electron chi connectivity index (χ0n) is 22.1. The van der Waals surface area contributed by atoms with E-state index < -0.39 is 0 Å². The molecule has 5 aromatic rings. The van der Waals surface area contributed by atoms with Gasteiger partial charge in [-0.05, 0) is 54.6 Å². The molecule has 0 saturated carbocycles. The number of carbonyl (C=O) groups excluding carboxylic acids is 2. The number of anilines is 2. The number of benzene rings is 3. The van der Waals surface area contributed by atoms with Gasteiger partial charge in [0.2, 0.25) is 0 Å². The fraction of sp³-hybridized carbons (Fsp3) is 0.0625. The van der Waals surface area contributed by atoms with Crippen LogP contribution in [0.5, 0.6) is 0 Å². The van der Waals surface area contributed by atoms with E-state index in [-0.39, 0.29) is 11.8 Å². The molecule has 0 spiro atoms. The average molecular weight is 510 g/mol. The summed E-state index contributed by atoms with van der Waals surface area (Å²) in [5.41, 5.74) is 6.92. The lowest BCUT2D eigenvalue weighted by molar-refractivity contribution is 0.0992. The molecule has 2 amide bonds. The molecule has 0 radical (unpaired) electrons. The van der Waals surface area contributed by atoms with Gasteiger partial charge in [-0.1, -0.05) is 54.0 Å². The molecule has 0 aliphatic rings. The minimum atomic E-state index is -0.194. The van der Waals surface area contributed by atoms with Crippen molar-refractivity contribution in [2.45, 2.75) is 0 Å². The molecule has 0 N–H and O–H groups in total. The van der Waals surface area contributed by atoms with Crippen LogP contribution in [0, 0.1) is 0 Å². The second kappa shape index (κ2) is 11.1. The Bertz CT molecular complexity index is 1490. The molecule has 190 valence electrons. The van der Waals surface area contributed by atoms with Crippen LogP contribution in [0.3, 0.4) is 0 Å². The van der Waals surface area contributed by atoms with Gasteiger partial charge in [0.25, 0.3) is 11.8 Å². The van der Waals surface area contributed by atoms with E-state index in [4.69, 9.17) is 0 Å². The summed E-state index contributed by atoms with van der Waals surface area (Å²) in [5, 5.41) is 0. The lowest BCUT2D eigenvalue weighted by Gasteiger charge is -2.21. The van der Waals surface area contributed by atoms with Crippen LogP contribution in [-0.2, 0) is 0 Å². The molecule has 0 bridgehead atoms. The third-order valence-corrected chi connectivity index (χ3v) is 6.61. The highest BCUT2D eigenvalue weighted by atomic mass is 16.2. The molecule has 5 rings (SSSR count). The number of rotatable bonds is 6. The van der Waals surface area contributed by atoms with Crippen LogP contribution in [0.4, 0.5) is 11.4 Å². The van der Waals surface area contributed by atoms with E-state index in [0.717, 1.165) is 39.4 Å². The second-order valence-electron chi connectivity index (χ2n) is 9.34. The molecular weight excluding hydrogens is 483 g/mol. The van der Waals surface area contributed by atoms with Crippen LogP contribution >= 0.6 is 0 Å². The monoisotopic (exact) mass is 510 g/mol. The van der Waals surface area contributed by atoms with E-state index >= 15 is 0 Å². The van der Waals surface area contributed by atoms with E-state index in [9.17, 15) is 9.59 Å². The second-order valence-corrected chi connectivity index (χ2v) is 9.34. The first kappa shape index (κ1) is 25.6. The molecule has 0 fully saturated rings. The standard InChI is InChI=1S/C32H27BN4O2/c1-36(27-13-9-22(10-14-27)29-7-3-5-17-34-29)31(38)24-19-25(21-26(33)20-24)32(39)37(2)28-15-11-23(12-16-28)30-8-4-6-18-35-30/h3-21H,33H2,1-2H3. The lowest BCUT2D eigenvalue weighted by Crippen LogP contribution is -2.30. The van der Waals surface area contributed by atoms with Gasteiger partial charge in [0.1, 0.15) is 7.85 Å². The Morgan fingerprint density at radius 1 is 0.590 bits per heavy atom. The van der Waals surface area contributed by atoms with Crippen molar-refractivity contribution < 1.29 is 9.59 Å². The van der Waals surface area contributed by atoms with Gasteiger partial charge in [0.05, 0.1) is 11.4 Å². The van der Waals surface area contributed by atoms with Crippen LogP contribution in [0.15, 0.2) is 116 Å². The molecule has 7 heteroatoms. The van der Waals surface area contributed by atoms with Crippen LogP contribution in [-0.4, -0.2) is 43.7 Å². The summed E-state index contributed by atoms with van der Waals surface area (Å²) in [7, 11) is 5.35. The molecular formula is C32H27BN4O2. The summed E-state index contributed by atoms with van der Waals surface area (Å²) in [6.07, 6.45) is 3.51. The van der Waals surface area contributed by atoms with E-state index in [1.807, 2.05) is 92.8 Å². The zero-order chi connectivity index (χ0) is 27.4. The van der Waals surface area contributed by atoms with Gasteiger partial charge in [-0.15, -0.1) is 0 Å². The van der Waals surface area contributed by atoms with Crippen molar-refractivity contribution in [3.8, 4) is 22.5 Å². The third-order valence-electron chi connectivity index (χ3n) is 6.61. The van der Waals surface area contributed by atoms with Crippen molar-refractivity contribution in [3.05, 3.63) is 127 Å². The largest absolute Gasteiger partial charge is 0.311 e. The molecule has 2 aromatic heterocycles. The molecule has 3 aromatic carbocycles. The minimum absolute atomic E-state index is 0.194. The first-order valence-corrected chi connectivity index (χ1v) is 12.6. The van der Waals surface area contributed by atoms with Gasteiger partial charge in [-0.2, -0.15) is 0 Å². The maximum atomic E-state index is 13.4. The van der Waals surface area contributed by atoms with Crippen LogP contribution < -0.4 is 15.3 Å². The fourth-order valence-corrected chi connectivity index (χ4v) is 4.43. The van der Waals surface area contributed by atoms with Gasteiger partial charge in [-0.3, -0.25) is 19.6 Å². The molecule has 2 heterocycles. The van der Waals surface area contributed by atoms with Crippen LogP contribution in [0.1, 0.15) is 20.7 Å². The van der Waals surface area contributed by atoms with Crippen molar-refractivity contribution in [3.63, 3.8) is 0 Å². The molecule has 0 atom stereocenters. The first-order valence-electron chi connectivity index (χ1n) is 12.6. The Kier molecular flexibility index (Phi) is 7.32. The molecule has 0 unspecified atom stereocenters. The van der Waals surface area contributed by atoms with Crippen molar-refractivity contribution in [1.29, 1.82) is 0 Å². The van der Waals surface area contributed by atoms with Gasteiger partial charge >= 0.3 is 0 Å². The van der Waals surface area contributed by atoms with Crippen molar-refractivity contribution in [1.82, 2.24) is 9.97 Å². The maximum absolute atomic E-state index is 13.4. The molecule has 0 aliphatic carbocycles.